The third-order valence-electron chi connectivity index (χ3n) is 6.73. The normalized spacial score (nSPS) is 27.9. The van der Waals surface area contributed by atoms with Crippen LogP contribution in [0.2, 0.25) is 0 Å². The van der Waals surface area contributed by atoms with Crippen LogP contribution in [0.15, 0.2) is 35.7 Å². The zero-order chi connectivity index (χ0) is 22.5. The Morgan fingerprint density at radius 1 is 1.12 bits per heavy atom. The van der Waals surface area contributed by atoms with E-state index in [1.165, 1.54) is 29.5 Å². The molecule has 2 amide bonds. The summed E-state index contributed by atoms with van der Waals surface area (Å²) in [7, 11) is 0. The number of nitrogens with two attached hydrogens (primary N) is 1. The fourth-order valence-electron chi connectivity index (χ4n) is 5.21. The Hall–Kier alpha value is -3.43. The van der Waals surface area contributed by atoms with E-state index in [-0.39, 0.29) is 23.4 Å². The van der Waals surface area contributed by atoms with E-state index < -0.39 is 29.0 Å². The van der Waals surface area contributed by atoms with Gasteiger partial charge in [-0.1, -0.05) is 0 Å². The lowest BCUT2D eigenvalue weighted by atomic mass is 9.68. The number of nitrogens with zero attached hydrogens (tertiary/aromatic N) is 4. The fourth-order valence-corrected chi connectivity index (χ4v) is 5.21. The summed E-state index contributed by atoms with van der Waals surface area (Å²) in [6, 6.07) is 4.19. The molecule has 32 heavy (non-hydrogen) atoms. The van der Waals surface area contributed by atoms with E-state index in [0.717, 1.165) is 18.9 Å². The first-order chi connectivity index (χ1) is 15.3. The van der Waals surface area contributed by atoms with Gasteiger partial charge < -0.3 is 10.5 Å². The lowest BCUT2D eigenvalue weighted by molar-refractivity contribution is -0.148. The smallest absolute Gasteiger partial charge is 0.267 e. The Morgan fingerprint density at radius 2 is 1.88 bits per heavy atom. The van der Waals surface area contributed by atoms with Crippen molar-refractivity contribution in [3.63, 3.8) is 0 Å². The molecule has 1 aromatic heterocycles. The molecular formula is C22H21F2N5O3. The van der Waals surface area contributed by atoms with Crippen LogP contribution in [0.4, 0.5) is 8.78 Å². The van der Waals surface area contributed by atoms with Gasteiger partial charge in [0.1, 0.15) is 23.7 Å². The van der Waals surface area contributed by atoms with Crippen molar-refractivity contribution < 1.29 is 23.1 Å². The molecule has 3 fully saturated rings. The molecule has 0 spiro atoms. The molecule has 1 aromatic carbocycles. The molecule has 0 saturated heterocycles. The molecule has 2 heterocycles. The van der Waals surface area contributed by atoms with Gasteiger partial charge in [-0.2, -0.15) is 5.10 Å². The second-order valence-corrected chi connectivity index (χ2v) is 8.73. The number of carbonyl (C=O) groups is 2. The minimum Gasteiger partial charge on any atom is -0.477 e. The van der Waals surface area contributed by atoms with Gasteiger partial charge in [-0.05, 0) is 48.8 Å². The minimum atomic E-state index is -0.677. The number of fused-ring (bicyclic) bond motifs is 1. The topological polar surface area (TPSA) is 111 Å². The van der Waals surface area contributed by atoms with Crippen LogP contribution in [-0.4, -0.2) is 39.6 Å². The summed E-state index contributed by atoms with van der Waals surface area (Å²) < 4.78 is 33.2. The first kappa shape index (κ1) is 20.5. The maximum Gasteiger partial charge on any atom is 0.267 e. The number of amides is 2. The lowest BCUT2D eigenvalue weighted by Gasteiger charge is -2.40. The Balaban J connectivity index is 1.25. The highest BCUT2D eigenvalue weighted by molar-refractivity contribution is 5.90. The van der Waals surface area contributed by atoms with Gasteiger partial charge in [0.15, 0.2) is 0 Å². The maximum absolute atomic E-state index is 13.7. The third-order valence-corrected chi connectivity index (χ3v) is 6.73. The van der Waals surface area contributed by atoms with Crippen LogP contribution in [0.1, 0.15) is 47.8 Å². The van der Waals surface area contributed by atoms with Crippen LogP contribution in [0.25, 0.3) is 0 Å². The van der Waals surface area contributed by atoms with Gasteiger partial charge in [-0.3, -0.25) is 9.59 Å². The molecule has 4 aliphatic rings. The lowest BCUT2D eigenvalue weighted by Crippen LogP contribution is -2.45. The van der Waals surface area contributed by atoms with Crippen LogP contribution in [0.3, 0.4) is 0 Å². The van der Waals surface area contributed by atoms with E-state index in [4.69, 9.17) is 10.5 Å². The Labute approximate surface area is 182 Å². The number of hydrogen-bond donors (Lipinski definition) is 1. The number of rotatable bonds is 6. The van der Waals surface area contributed by atoms with Crippen molar-refractivity contribution in [1.29, 1.82) is 0 Å². The molecule has 2 aromatic rings. The summed E-state index contributed by atoms with van der Waals surface area (Å²) in [4.78, 5) is 32.5. The minimum absolute atomic E-state index is 0.0732. The van der Waals surface area contributed by atoms with Crippen LogP contribution < -0.4 is 10.5 Å². The first-order valence-electron chi connectivity index (χ1n) is 10.4. The van der Waals surface area contributed by atoms with Crippen molar-refractivity contribution >= 4 is 18.0 Å². The standard InChI is InChI=1S/C22H21F2N5O3/c23-15-3-12(4-16(24)5-15)18-1-2-28-29(18)21(31)22-7-13(8-22)14(9-22)10-32-19-6-17(20(25)30)26-11-27-19/h2-6,11,13-14,18H,1,7-10H2,(H2,25,30). The number of primary amides is 1. The Bertz CT molecular complexity index is 1100. The second kappa shape index (κ2) is 7.61. The van der Waals surface area contributed by atoms with Crippen molar-refractivity contribution in [3.05, 3.63) is 53.5 Å². The van der Waals surface area contributed by atoms with Crippen LogP contribution in [0, 0.1) is 28.9 Å². The van der Waals surface area contributed by atoms with Gasteiger partial charge in [0.2, 0.25) is 11.8 Å². The van der Waals surface area contributed by atoms with Crippen molar-refractivity contribution in [2.75, 3.05) is 6.61 Å². The summed E-state index contributed by atoms with van der Waals surface area (Å²) in [6.07, 6.45) is 5.34. The monoisotopic (exact) mass is 441 g/mol. The van der Waals surface area contributed by atoms with Crippen LogP contribution in [0.5, 0.6) is 5.88 Å². The molecule has 6 rings (SSSR count). The molecule has 2 N–H and O–H groups in total. The quantitative estimate of drug-likeness (QED) is 0.741. The predicted octanol–water partition coefficient (Wildman–Crippen LogP) is 2.61. The van der Waals surface area contributed by atoms with Crippen molar-refractivity contribution in [2.45, 2.75) is 31.7 Å². The second-order valence-electron chi connectivity index (χ2n) is 8.73. The summed E-state index contributed by atoms with van der Waals surface area (Å²) in [5.74, 6) is -1.38. The molecular weight excluding hydrogens is 420 g/mol. The van der Waals surface area contributed by atoms with E-state index in [0.29, 0.717) is 30.9 Å². The summed E-state index contributed by atoms with van der Waals surface area (Å²) >= 11 is 0. The van der Waals surface area contributed by atoms with Gasteiger partial charge in [0.05, 0.1) is 18.1 Å². The van der Waals surface area contributed by atoms with E-state index in [9.17, 15) is 18.4 Å². The predicted molar refractivity (Wildman–Crippen MR) is 108 cm³/mol. The number of hydrazone groups is 1. The molecule has 2 bridgehead atoms. The van der Waals surface area contributed by atoms with E-state index >= 15 is 0 Å². The number of benzene rings is 1. The number of hydrogen-bond acceptors (Lipinski definition) is 6. The average Bonchev–Trinajstić information content (AvgIpc) is 3.44. The molecule has 1 aliphatic heterocycles. The SMILES string of the molecule is NC(=O)c1cc(OCC2CC3(C(=O)N4N=CCC4c4cc(F)cc(F)c4)CC2C3)ncn1. The van der Waals surface area contributed by atoms with Crippen molar-refractivity contribution in [3.8, 4) is 5.88 Å². The molecule has 2 unspecified atom stereocenters. The van der Waals surface area contributed by atoms with Gasteiger partial charge in [0, 0.05) is 24.8 Å². The molecule has 3 aliphatic carbocycles. The fraction of sp³-hybridized carbons (Fsp3) is 0.409. The number of ether oxygens (including phenoxy) is 1. The Kier molecular flexibility index (Phi) is 4.87. The molecule has 0 radical (unpaired) electrons. The highest BCUT2D eigenvalue weighted by Crippen LogP contribution is 2.63. The summed E-state index contributed by atoms with van der Waals surface area (Å²) in [5, 5.41) is 5.62. The number of halogens is 2. The zero-order valence-corrected chi connectivity index (χ0v) is 17.1. The molecule has 166 valence electrons. The molecule has 8 nitrogen and oxygen atoms in total. The number of aromatic nitrogens is 2. The highest BCUT2D eigenvalue weighted by Gasteiger charge is 2.62. The van der Waals surface area contributed by atoms with Crippen LogP contribution >= 0.6 is 0 Å². The first-order valence-corrected chi connectivity index (χ1v) is 10.4. The molecule has 2 atom stereocenters. The van der Waals surface area contributed by atoms with Crippen molar-refractivity contribution in [2.24, 2.45) is 28.1 Å². The van der Waals surface area contributed by atoms with Gasteiger partial charge in [-0.15, -0.1) is 0 Å². The Morgan fingerprint density at radius 3 is 2.59 bits per heavy atom. The molecule has 10 heteroatoms. The van der Waals surface area contributed by atoms with E-state index in [2.05, 4.69) is 15.1 Å². The van der Waals surface area contributed by atoms with Gasteiger partial charge in [-0.25, -0.2) is 23.8 Å². The maximum atomic E-state index is 13.7. The third kappa shape index (κ3) is 3.49. The number of carbonyl (C=O) groups excluding carboxylic acids is 2. The van der Waals surface area contributed by atoms with E-state index in [1.807, 2.05) is 0 Å². The van der Waals surface area contributed by atoms with Gasteiger partial charge >= 0.3 is 0 Å². The molecule has 3 saturated carbocycles. The van der Waals surface area contributed by atoms with Crippen molar-refractivity contribution in [1.82, 2.24) is 15.0 Å². The zero-order valence-electron chi connectivity index (χ0n) is 17.1. The summed E-state index contributed by atoms with van der Waals surface area (Å²) in [6.45, 7) is 0.358. The van der Waals surface area contributed by atoms with Crippen LogP contribution in [-0.2, 0) is 4.79 Å². The summed E-state index contributed by atoms with van der Waals surface area (Å²) in [5.41, 5.74) is 5.17. The van der Waals surface area contributed by atoms with Gasteiger partial charge in [0.25, 0.3) is 5.91 Å². The highest BCUT2D eigenvalue weighted by atomic mass is 19.1. The van der Waals surface area contributed by atoms with E-state index in [1.54, 1.807) is 6.21 Å². The largest absolute Gasteiger partial charge is 0.477 e. The average molecular weight is 441 g/mol.